The molecule has 5 rings (SSSR count). The van der Waals surface area contributed by atoms with E-state index in [0.717, 1.165) is 28.2 Å². The smallest absolute Gasteiger partial charge is 0.211 e. The van der Waals surface area contributed by atoms with Gasteiger partial charge in [-0.25, -0.2) is 13.4 Å². The van der Waals surface area contributed by atoms with Crippen molar-refractivity contribution >= 4 is 15.7 Å². The molecule has 8 nitrogen and oxygen atoms in total. The van der Waals surface area contributed by atoms with Gasteiger partial charge in [-0.05, 0) is 59.9 Å². The predicted molar refractivity (Wildman–Crippen MR) is 149 cm³/mol. The number of aromatic amines is 1. The first-order chi connectivity index (χ1) is 18.9. The van der Waals surface area contributed by atoms with Crippen LogP contribution in [0.15, 0.2) is 85.2 Å². The number of hydrogen-bond acceptors (Lipinski definition) is 6. The number of H-pyrrole nitrogens is 1. The Hall–Kier alpha value is -4.44. The van der Waals surface area contributed by atoms with Crippen LogP contribution in [0.4, 0.5) is 5.69 Å². The molecule has 39 heavy (non-hydrogen) atoms. The molecule has 2 heterocycles. The Morgan fingerprint density at radius 2 is 1.72 bits per heavy atom. The lowest BCUT2D eigenvalue weighted by molar-refractivity contribution is 0.316. The maximum absolute atomic E-state index is 13.2. The summed E-state index contributed by atoms with van der Waals surface area (Å²) in [6, 6.07) is 26.6. The van der Waals surface area contributed by atoms with Crippen LogP contribution in [0, 0.1) is 22.7 Å². The Labute approximate surface area is 228 Å². The molecule has 0 saturated carbocycles. The fourth-order valence-corrected chi connectivity index (χ4v) is 6.32. The summed E-state index contributed by atoms with van der Waals surface area (Å²) >= 11 is 0. The van der Waals surface area contributed by atoms with Gasteiger partial charge in [0.15, 0.2) is 0 Å². The topological polar surface area (TPSA) is 117 Å². The minimum absolute atomic E-state index is 0.166. The van der Waals surface area contributed by atoms with Crippen LogP contribution in [0.1, 0.15) is 39.7 Å². The van der Waals surface area contributed by atoms with Crippen molar-refractivity contribution in [3.63, 3.8) is 0 Å². The summed E-state index contributed by atoms with van der Waals surface area (Å²) in [7, 11) is -3.58. The summed E-state index contributed by atoms with van der Waals surface area (Å²) in [6.07, 6.45) is 5.85. The lowest BCUT2D eigenvalue weighted by atomic mass is 9.99. The molecule has 0 amide bonds. The number of anilines is 1. The molecule has 0 radical (unpaired) electrons. The molecule has 2 atom stereocenters. The second-order valence-electron chi connectivity index (χ2n) is 9.76. The molecule has 0 aliphatic carbocycles. The van der Waals surface area contributed by atoms with E-state index in [-0.39, 0.29) is 18.6 Å². The van der Waals surface area contributed by atoms with E-state index in [1.165, 1.54) is 6.26 Å². The molecule has 3 aromatic carbocycles. The number of benzene rings is 3. The highest BCUT2D eigenvalue weighted by molar-refractivity contribution is 7.88. The first-order valence-corrected chi connectivity index (χ1v) is 14.5. The highest BCUT2D eigenvalue weighted by Crippen LogP contribution is 2.37. The average molecular weight is 537 g/mol. The van der Waals surface area contributed by atoms with E-state index in [1.54, 1.807) is 41.0 Å². The van der Waals surface area contributed by atoms with E-state index in [1.807, 2.05) is 48.5 Å². The second-order valence-corrected chi connectivity index (χ2v) is 11.7. The van der Waals surface area contributed by atoms with Crippen LogP contribution in [-0.2, 0) is 29.4 Å². The van der Waals surface area contributed by atoms with Crippen molar-refractivity contribution in [2.45, 2.75) is 31.5 Å². The van der Waals surface area contributed by atoms with Gasteiger partial charge in [-0.3, -0.25) is 0 Å². The molecule has 9 heteroatoms. The van der Waals surface area contributed by atoms with Gasteiger partial charge < -0.3 is 9.88 Å². The Balaban J connectivity index is 1.64. The number of sulfonamides is 1. The Bertz CT molecular complexity index is 1620. The Morgan fingerprint density at radius 1 is 1.00 bits per heavy atom. The SMILES string of the molecule is CS(=O)(=O)N1Cc2cc(C#N)ccc2N(C(Cc2ccc(C#N)cc2)c2ncc[nH]2)C[C@H]1Cc1ccccc1. The van der Waals surface area contributed by atoms with Gasteiger partial charge in [0.1, 0.15) is 5.82 Å². The van der Waals surface area contributed by atoms with E-state index in [2.05, 4.69) is 27.0 Å². The number of nitrogens with zero attached hydrogens (tertiary/aromatic N) is 5. The van der Waals surface area contributed by atoms with Gasteiger partial charge in [-0.1, -0.05) is 42.5 Å². The molecular formula is C30H28N6O2S. The Kier molecular flexibility index (Phi) is 7.47. The summed E-state index contributed by atoms with van der Waals surface area (Å²) < 4.78 is 27.9. The zero-order chi connectivity index (χ0) is 27.4. The third kappa shape index (κ3) is 5.85. The fraction of sp³-hybridized carbons (Fsp3) is 0.233. The van der Waals surface area contributed by atoms with Crippen LogP contribution in [0.25, 0.3) is 0 Å². The van der Waals surface area contributed by atoms with Crippen molar-refractivity contribution in [1.29, 1.82) is 10.5 Å². The average Bonchev–Trinajstić information content (AvgIpc) is 3.42. The molecule has 1 aliphatic rings. The highest BCUT2D eigenvalue weighted by atomic mass is 32.2. The molecule has 0 fully saturated rings. The number of rotatable bonds is 7. The molecular weight excluding hydrogens is 508 g/mol. The minimum Gasteiger partial charge on any atom is -0.359 e. The summed E-state index contributed by atoms with van der Waals surface area (Å²) in [4.78, 5) is 10.1. The van der Waals surface area contributed by atoms with Crippen LogP contribution in [-0.4, -0.2) is 41.5 Å². The maximum Gasteiger partial charge on any atom is 0.211 e. The molecule has 0 bridgehead atoms. The fourth-order valence-electron chi connectivity index (χ4n) is 5.26. The van der Waals surface area contributed by atoms with Crippen LogP contribution < -0.4 is 4.90 Å². The normalized spacial score (nSPS) is 16.5. The monoisotopic (exact) mass is 536 g/mol. The third-order valence-electron chi connectivity index (χ3n) is 7.12. The van der Waals surface area contributed by atoms with Gasteiger partial charge >= 0.3 is 0 Å². The first-order valence-electron chi connectivity index (χ1n) is 12.6. The zero-order valence-electron chi connectivity index (χ0n) is 21.5. The number of hydrogen-bond donors (Lipinski definition) is 1. The molecule has 196 valence electrons. The van der Waals surface area contributed by atoms with Crippen LogP contribution in [0.5, 0.6) is 0 Å². The van der Waals surface area contributed by atoms with E-state index < -0.39 is 10.0 Å². The molecule has 1 unspecified atom stereocenters. The van der Waals surface area contributed by atoms with Crippen molar-refractivity contribution in [3.8, 4) is 12.1 Å². The molecule has 1 aromatic heterocycles. The molecule has 0 saturated heterocycles. The van der Waals surface area contributed by atoms with Gasteiger partial charge in [-0.2, -0.15) is 14.8 Å². The van der Waals surface area contributed by atoms with Crippen molar-refractivity contribution in [2.75, 3.05) is 17.7 Å². The minimum atomic E-state index is -3.58. The maximum atomic E-state index is 13.2. The number of nitriles is 2. The van der Waals surface area contributed by atoms with Crippen LogP contribution in [0.2, 0.25) is 0 Å². The highest BCUT2D eigenvalue weighted by Gasteiger charge is 2.37. The lowest BCUT2D eigenvalue weighted by Crippen LogP contribution is -2.46. The van der Waals surface area contributed by atoms with Crippen LogP contribution >= 0.6 is 0 Å². The summed E-state index contributed by atoms with van der Waals surface area (Å²) in [5, 5.41) is 18.9. The van der Waals surface area contributed by atoms with E-state index >= 15 is 0 Å². The molecule has 1 N–H and O–H groups in total. The first kappa shape index (κ1) is 26.2. The summed E-state index contributed by atoms with van der Waals surface area (Å²) in [5.74, 6) is 0.751. The molecule has 0 spiro atoms. The lowest BCUT2D eigenvalue weighted by Gasteiger charge is -2.36. The van der Waals surface area contributed by atoms with E-state index in [4.69, 9.17) is 0 Å². The predicted octanol–water partition coefficient (Wildman–Crippen LogP) is 4.33. The van der Waals surface area contributed by atoms with Crippen molar-refractivity contribution in [1.82, 2.24) is 14.3 Å². The zero-order valence-corrected chi connectivity index (χ0v) is 22.3. The Morgan fingerprint density at radius 3 is 2.36 bits per heavy atom. The van der Waals surface area contributed by atoms with Crippen molar-refractivity contribution in [3.05, 3.63) is 119 Å². The number of imidazole rings is 1. The number of nitrogens with one attached hydrogen (secondary N) is 1. The van der Waals surface area contributed by atoms with Gasteiger partial charge in [0, 0.05) is 37.2 Å². The van der Waals surface area contributed by atoms with Crippen molar-refractivity contribution < 1.29 is 8.42 Å². The van der Waals surface area contributed by atoms with Crippen molar-refractivity contribution in [2.24, 2.45) is 0 Å². The number of aromatic nitrogens is 2. The number of fused-ring (bicyclic) bond motifs is 1. The van der Waals surface area contributed by atoms with Gasteiger partial charge in [0.05, 0.1) is 35.6 Å². The summed E-state index contributed by atoms with van der Waals surface area (Å²) in [6.45, 7) is 0.585. The second kappa shape index (κ2) is 11.1. The van der Waals surface area contributed by atoms with E-state index in [9.17, 15) is 18.9 Å². The largest absolute Gasteiger partial charge is 0.359 e. The van der Waals surface area contributed by atoms with Gasteiger partial charge in [0.2, 0.25) is 10.0 Å². The van der Waals surface area contributed by atoms with Gasteiger partial charge in [0.25, 0.3) is 0 Å². The van der Waals surface area contributed by atoms with E-state index in [0.29, 0.717) is 30.5 Å². The van der Waals surface area contributed by atoms with Crippen LogP contribution in [0.3, 0.4) is 0 Å². The molecule has 4 aromatic rings. The summed E-state index contributed by atoms with van der Waals surface area (Å²) in [5.41, 5.74) is 4.77. The molecule has 1 aliphatic heterocycles. The quantitative estimate of drug-likeness (QED) is 0.376. The van der Waals surface area contributed by atoms with Gasteiger partial charge in [-0.15, -0.1) is 0 Å². The standard InChI is InChI=1S/C30H28N6O2S/c1-39(37,38)36-20-26-15-25(19-32)11-12-28(26)35(21-27(36)16-22-5-3-2-4-6-22)29(30-33-13-14-34-30)17-23-7-9-24(18-31)10-8-23/h2-15,27,29H,16-17,20-21H2,1H3,(H,33,34)/t27-,29?/m1/s1. The third-order valence-corrected chi connectivity index (χ3v) is 8.40.